The SMILES string of the molecule is CS(=O)(=O)NCCc1ccc(C(=O)OCc2nc(-c3ccc(F)cc3)no2)s1. The molecule has 0 fully saturated rings. The molecule has 0 amide bonds. The average Bonchev–Trinajstić information content (AvgIpc) is 3.29. The van der Waals surface area contributed by atoms with Crippen LogP contribution < -0.4 is 4.72 Å². The lowest BCUT2D eigenvalue weighted by Gasteiger charge is -2.00. The van der Waals surface area contributed by atoms with E-state index in [1.54, 1.807) is 12.1 Å². The fraction of sp³-hybridized carbons (Fsp3) is 0.235. The average molecular weight is 425 g/mol. The number of nitrogens with one attached hydrogen (secondary N) is 1. The van der Waals surface area contributed by atoms with Crippen molar-refractivity contribution in [2.75, 3.05) is 12.8 Å². The summed E-state index contributed by atoms with van der Waals surface area (Å²) in [6, 6.07) is 8.95. The Labute approximate surface area is 164 Å². The number of thiophene rings is 1. The summed E-state index contributed by atoms with van der Waals surface area (Å²) < 4.78 is 47.6. The zero-order valence-corrected chi connectivity index (χ0v) is 16.3. The van der Waals surface area contributed by atoms with Crippen LogP contribution in [-0.2, 0) is 27.8 Å². The van der Waals surface area contributed by atoms with Gasteiger partial charge in [0.2, 0.25) is 15.8 Å². The van der Waals surface area contributed by atoms with E-state index in [1.807, 2.05) is 0 Å². The molecule has 0 aliphatic heterocycles. The number of hydrogen-bond acceptors (Lipinski definition) is 8. The number of sulfonamides is 1. The maximum Gasteiger partial charge on any atom is 0.348 e. The lowest BCUT2D eigenvalue weighted by molar-refractivity contribution is 0.0435. The van der Waals surface area contributed by atoms with Crippen LogP contribution in [0.1, 0.15) is 20.4 Å². The topological polar surface area (TPSA) is 111 Å². The Bertz CT molecular complexity index is 1060. The van der Waals surface area contributed by atoms with Gasteiger partial charge in [-0.3, -0.25) is 0 Å². The smallest absolute Gasteiger partial charge is 0.348 e. The minimum absolute atomic E-state index is 0.113. The second-order valence-corrected chi connectivity index (χ2v) is 8.78. The van der Waals surface area contributed by atoms with Crippen molar-refractivity contribution in [3.05, 3.63) is 57.9 Å². The van der Waals surface area contributed by atoms with Crippen molar-refractivity contribution >= 4 is 27.3 Å². The Morgan fingerprint density at radius 2 is 2.00 bits per heavy atom. The van der Waals surface area contributed by atoms with Gasteiger partial charge in [0.15, 0.2) is 6.61 Å². The quantitative estimate of drug-likeness (QED) is 0.552. The summed E-state index contributed by atoms with van der Waals surface area (Å²) in [5.74, 6) is -0.540. The third-order valence-electron chi connectivity index (χ3n) is 3.50. The van der Waals surface area contributed by atoms with Crippen LogP contribution in [0.3, 0.4) is 0 Å². The van der Waals surface area contributed by atoms with Crippen LogP contribution in [0, 0.1) is 5.82 Å². The van der Waals surface area contributed by atoms with E-state index in [-0.39, 0.29) is 30.7 Å². The molecule has 1 N–H and O–H groups in total. The third kappa shape index (κ3) is 5.68. The summed E-state index contributed by atoms with van der Waals surface area (Å²) in [6.45, 7) is 0.0534. The number of carbonyl (C=O) groups is 1. The van der Waals surface area contributed by atoms with Gasteiger partial charge >= 0.3 is 5.97 Å². The Morgan fingerprint density at radius 3 is 2.71 bits per heavy atom. The minimum atomic E-state index is -3.24. The molecule has 0 radical (unpaired) electrons. The maximum atomic E-state index is 13.0. The number of ether oxygens (including phenoxy) is 1. The molecule has 1 aromatic carbocycles. The predicted octanol–water partition coefficient (Wildman–Crippen LogP) is 2.39. The molecule has 0 atom stereocenters. The van der Waals surface area contributed by atoms with Crippen molar-refractivity contribution in [2.24, 2.45) is 0 Å². The lowest BCUT2D eigenvalue weighted by Crippen LogP contribution is -2.23. The van der Waals surface area contributed by atoms with Gasteiger partial charge in [0, 0.05) is 17.0 Å². The summed E-state index contributed by atoms with van der Waals surface area (Å²) in [7, 11) is -3.24. The molecule has 11 heteroatoms. The van der Waals surface area contributed by atoms with E-state index in [9.17, 15) is 17.6 Å². The Morgan fingerprint density at radius 1 is 1.25 bits per heavy atom. The second-order valence-electron chi connectivity index (χ2n) is 5.78. The zero-order valence-electron chi connectivity index (χ0n) is 14.7. The Balaban J connectivity index is 1.52. The molecular formula is C17H16FN3O5S2. The molecule has 0 saturated heterocycles. The molecule has 0 spiro atoms. The van der Waals surface area contributed by atoms with E-state index in [4.69, 9.17) is 9.26 Å². The van der Waals surface area contributed by atoms with Crippen LogP contribution in [0.5, 0.6) is 0 Å². The lowest BCUT2D eigenvalue weighted by atomic mass is 10.2. The molecule has 0 aliphatic rings. The molecule has 3 rings (SSSR count). The molecule has 0 unspecified atom stereocenters. The highest BCUT2D eigenvalue weighted by molar-refractivity contribution is 7.88. The molecule has 148 valence electrons. The van der Waals surface area contributed by atoms with Gasteiger partial charge in [-0.1, -0.05) is 5.16 Å². The monoisotopic (exact) mass is 425 g/mol. The fourth-order valence-electron chi connectivity index (χ4n) is 2.21. The molecule has 28 heavy (non-hydrogen) atoms. The molecule has 0 bridgehead atoms. The number of aromatic nitrogens is 2. The highest BCUT2D eigenvalue weighted by atomic mass is 32.2. The van der Waals surface area contributed by atoms with Gasteiger partial charge in [-0.2, -0.15) is 4.98 Å². The van der Waals surface area contributed by atoms with Gasteiger partial charge in [0.05, 0.1) is 6.26 Å². The van der Waals surface area contributed by atoms with Gasteiger partial charge in [0.1, 0.15) is 10.7 Å². The number of halogens is 1. The largest absolute Gasteiger partial charge is 0.451 e. The predicted molar refractivity (Wildman–Crippen MR) is 99.7 cm³/mol. The molecule has 0 aliphatic carbocycles. The molecular weight excluding hydrogens is 409 g/mol. The van der Waals surface area contributed by atoms with Crippen LogP contribution in [0.25, 0.3) is 11.4 Å². The number of rotatable bonds is 8. The standard InChI is InChI=1S/C17H16FN3O5S2/c1-28(23,24)19-9-8-13-6-7-14(27-13)17(22)25-10-15-20-16(21-26-15)11-2-4-12(18)5-3-11/h2-7,19H,8-10H2,1H3. The molecule has 8 nitrogen and oxygen atoms in total. The maximum absolute atomic E-state index is 13.0. The summed E-state index contributed by atoms with van der Waals surface area (Å²) >= 11 is 1.22. The van der Waals surface area contributed by atoms with E-state index in [1.165, 1.54) is 35.6 Å². The first-order chi connectivity index (χ1) is 13.3. The molecule has 3 aromatic rings. The van der Waals surface area contributed by atoms with Gasteiger partial charge in [-0.25, -0.2) is 22.3 Å². The van der Waals surface area contributed by atoms with E-state index < -0.39 is 16.0 Å². The molecule has 2 heterocycles. The summed E-state index contributed by atoms with van der Waals surface area (Å²) in [6.07, 6.45) is 1.55. The van der Waals surface area contributed by atoms with Crippen molar-refractivity contribution in [1.82, 2.24) is 14.9 Å². The Kier molecular flexibility index (Phi) is 6.17. The zero-order chi connectivity index (χ0) is 20.1. The van der Waals surface area contributed by atoms with Gasteiger partial charge in [-0.15, -0.1) is 11.3 Å². The van der Waals surface area contributed by atoms with E-state index in [0.717, 1.165) is 11.1 Å². The first-order valence-corrected chi connectivity index (χ1v) is 10.8. The molecule has 2 aromatic heterocycles. The normalized spacial score (nSPS) is 11.5. The van der Waals surface area contributed by atoms with Crippen molar-refractivity contribution in [3.8, 4) is 11.4 Å². The second kappa shape index (κ2) is 8.59. The minimum Gasteiger partial charge on any atom is -0.451 e. The number of carbonyl (C=O) groups excluding carboxylic acids is 1. The first-order valence-electron chi connectivity index (χ1n) is 8.09. The number of benzene rings is 1. The number of esters is 1. The summed E-state index contributed by atoms with van der Waals surface area (Å²) in [5, 5.41) is 3.77. The van der Waals surface area contributed by atoms with Gasteiger partial charge in [0.25, 0.3) is 5.89 Å². The van der Waals surface area contributed by atoms with E-state index >= 15 is 0 Å². The van der Waals surface area contributed by atoms with Crippen LogP contribution in [0.15, 0.2) is 40.9 Å². The highest BCUT2D eigenvalue weighted by Crippen LogP contribution is 2.19. The number of nitrogens with zero attached hydrogens (tertiary/aromatic N) is 2. The van der Waals surface area contributed by atoms with Crippen molar-refractivity contribution < 1.29 is 26.9 Å². The Hall–Kier alpha value is -2.63. The van der Waals surface area contributed by atoms with E-state index in [2.05, 4.69) is 14.9 Å². The van der Waals surface area contributed by atoms with Crippen LogP contribution in [-0.4, -0.2) is 37.3 Å². The van der Waals surface area contributed by atoms with Gasteiger partial charge in [-0.05, 0) is 42.8 Å². The summed E-state index contributed by atoms with van der Waals surface area (Å²) in [4.78, 5) is 17.5. The molecule has 0 saturated carbocycles. The highest BCUT2D eigenvalue weighted by Gasteiger charge is 2.14. The van der Waals surface area contributed by atoms with Crippen molar-refractivity contribution in [2.45, 2.75) is 13.0 Å². The van der Waals surface area contributed by atoms with Crippen LogP contribution in [0.4, 0.5) is 4.39 Å². The van der Waals surface area contributed by atoms with Crippen molar-refractivity contribution in [1.29, 1.82) is 0 Å². The van der Waals surface area contributed by atoms with E-state index in [0.29, 0.717) is 16.9 Å². The van der Waals surface area contributed by atoms with Crippen LogP contribution >= 0.6 is 11.3 Å². The first kappa shape index (κ1) is 20.1. The van der Waals surface area contributed by atoms with Gasteiger partial charge < -0.3 is 9.26 Å². The summed E-state index contributed by atoms with van der Waals surface area (Å²) in [5.41, 5.74) is 0.577. The van der Waals surface area contributed by atoms with Crippen LogP contribution in [0.2, 0.25) is 0 Å². The number of hydrogen-bond donors (Lipinski definition) is 1. The third-order valence-corrected chi connectivity index (χ3v) is 5.35. The van der Waals surface area contributed by atoms with Crippen molar-refractivity contribution in [3.63, 3.8) is 0 Å². The fourth-order valence-corrected chi connectivity index (χ4v) is 3.58.